The van der Waals surface area contributed by atoms with E-state index in [1.807, 2.05) is 24.3 Å². The van der Waals surface area contributed by atoms with Crippen LogP contribution in [0.3, 0.4) is 0 Å². The molecule has 3 radical (unpaired) electrons. The lowest BCUT2D eigenvalue weighted by Gasteiger charge is -2.48. The summed E-state index contributed by atoms with van der Waals surface area (Å²) < 4.78 is 5.86. The van der Waals surface area contributed by atoms with Gasteiger partial charge in [0.1, 0.15) is 12.4 Å². The molecule has 2 bridgehead atoms. The van der Waals surface area contributed by atoms with Gasteiger partial charge in [-0.05, 0) is 56.0 Å². The van der Waals surface area contributed by atoms with E-state index in [1.54, 1.807) is 0 Å². The number of nitrogens with zero attached hydrogens (tertiary/aromatic N) is 2. The molecule has 115 valence electrons. The molecular formula is C17H22BN2O2. The van der Waals surface area contributed by atoms with Gasteiger partial charge in [-0.3, -0.25) is 4.90 Å². The molecule has 4 nitrogen and oxygen atoms in total. The van der Waals surface area contributed by atoms with E-state index in [-0.39, 0.29) is 20.6 Å². The number of piperidine rings is 3. The van der Waals surface area contributed by atoms with Crippen LogP contribution >= 0.6 is 0 Å². The molecule has 0 aliphatic carbocycles. The van der Waals surface area contributed by atoms with E-state index in [0.717, 1.165) is 43.7 Å². The summed E-state index contributed by atoms with van der Waals surface area (Å²) in [6, 6.07) is 10.2. The van der Waals surface area contributed by atoms with Crippen LogP contribution in [0, 0.1) is 17.2 Å². The fraction of sp³-hybridized carbons (Fsp3) is 0.588. The Hall–Kier alpha value is -1.51. The van der Waals surface area contributed by atoms with Crippen molar-refractivity contribution in [2.24, 2.45) is 5.92 Å². The largest absolute Gasteiger partial charge is 0.492 e. The van der Waals surface area contributed by atoms with E-state index < -0.39 is 0 Å². The van der Waals surface area contributed by atoms with Gasteiger partial charge in [-0.2, -0.15) is 5.26 Å². The van der Waals surface area contributed by atoms with E-state index >= 15 is 0 Å². The molecule has 3 fully saturated rings. The van der Waals surface area contributed by atoms with Gasteiger partial charge < -0.3 is 9.84 Å². The third-order valence-corrected chi connectivity index (χ3v) is 4.79. The van der Waals surface area contributed by atoms with Crippen molar-refractivity contribution in [1.29, 1.82) is 5.26 Å². The summed E-state index contributed by atoms with van der Waals surface area (Å²) in [4.78, 5) is 2.35. The van der Waals surface area contributed by atoms with Crippen molar-refractivity contribution in [3.8, 4) is 11.8 Å². The Labute approximate surface area is 134 Å². The molecule has 1 aromatic rings. The maximum absolute atomic E-state index is 10.3. The van der Waals surface area contributed by atoms with E-state index in [0.29, 0.717) is 18.9 Å². The zero-order valence-electron chi connectivity index (χ0n) is 12.8. The van der Waals surface area contributed by atoms with Gasteiger partial charge in [-0.15, -0.1) is 0 Å². The number of hydrogen-bond donors (Lipinski definition) is 1. The zero-order valence-corrected chi connectivity index (χ0v) is 12.8. The lowest BCUT2D eigenvalue weighted by Crippen LogP contribution is -2.59. The van der Waals surface area contributed by atoms with Gasteiger partial charge in [0.25, 0.3) is 0 Å². The number of rotatable bonds is 5. The van der Waals surface area contributed by atoms with Crippen molar-refractivity contribution in [2.45, 2.75) is 37.8 Å². The fourth-order valence-corrected chi connectivity index (χ4v) is 3.46. The van der Waals surface area contributed by atoms with Gasteiger partial charge in [0, 0.05) is 14.8 Å². The van der Waals surface area contributed by atoms with Crippen molar-refractivity contribution in [3.05, 3.63) is 29.8 Å². The summed E-state index contributed by atoms with van der Waals surface area (Å²) in [6.45, 7) is 2.72. The van der Waals surface area contributed by atoms with Gasteiger partial charge in [0.15, 0.2) is 0 Å². The number of ether oxygens (including phenoxy) is 1. The molecule has 3 aliphatic heterocycles. The van der Waals surface area contributed by atoms with E-state index in [1.165, 1.54) is 0 Å². The van der Waals surface area contributed by atoms with Crippen molar-refractivity contribution < 1.29 is 9.84 Å². The molecule has 2 atom stereocenters. The average molecular weight is 297 g/mol. The summed E-state index contributed by atoms with van der Waals surface area (Å²) in [6.07, 6.45) is 3.32. The summed E-state index contributed by atoms with van der Waals surface area (Å²) >= 11 is 0. The maximum Gasteiger partial charge on any atom is 0.119 e. The third-order valence-electron chi connectivity index (χ3n) is 4.79. The standard InChI is InChI=1S/C17H22N2O2.B/c18-9-1-2-13-3-5-15(6-4-13)21-12-16-17(20)14-7-10-19(16)11-8-14;/h3-6,14,16-17,20H,1-2,7-8,10-12H2;. The quantitative estimate of drug-likeness (QED) is 0.839. The van der Waals surface area contributed by atoms with Gasteiger partial charge in [0.05, 0.1) is 18.2 Å². The number of hydrogen-bond acceptors (Lipinski definition) is 4. The number of fused-ring (bicyclic) bond motifs is 3. The lowest BCUT2D eigenvalue weighted by atomic mass is 9.81. The van der Waals surface area contributed by atoms with Crippen molar-refractivity contribution in [2.75, 3.05) is 19.7 Å². The normalized spacial score (nSPS) is 29.5. The first-order valence-electron chi connectivity index (χ1n) is 7.79. The molecule has 5 heteroatoms. The van der Waals surface area contributed by atoms with Crippen molar-refractivity contribution in [1.82, 2.24) is 4.90 Å². The average Bonchev–Trinajstić information content (AvgIpc) is 2.54. The highest BCUT2D eigenvalue weighted by atomic mass is 16.5. The molecule has 3 aliphatic rings. The zero-order chi connectivity index (χ0) is 14.7. The number of benzene rings is 1. The van der Waals surface area contributed by atoms with Crippen LogP contribution in [0.1, 0.15) is 24.8 Å². The topological polar surface area (TPSA) is 56.5 Å². The molecule has 3 heterocycles. The Morgan fingerprint density at radius 2 is 1.91 bits per heavy atom. The van der Waals surface area contributed by atoms with Gasteiger partial charge in [-0.25, -0.2) is 0 Å². The molecule has 0 aromatic heterocycles. The Balaban J connectivity index is 0.00000176. The van der Waals surface area contributed by atoms with Crippen LogP contribution in [0.15, 0.2) is 24.3 Å². The minimum atomic E-state index is -0.248. The molecule has 3 saturated heterocycles. The van der Waals surface area contributed by atoms with Crippen molar-refractivity contribution in [3.63, 3.8) is 0 Å². The van der Waals surface area contributed by atoms with Crippen LogP contribution in [-0.4, -0.2) is 50.3 Å². The Morgan fingerprint density at radius 3 is 2.50 bits per heavy atom. The Kier molecular flexibility index (Phi) is 5.87. The van der Waals surface area contributed by atoms with Crippen LogP contribution in [-0.2, 0) is 6.42 Å². The molecular weight excluding hydrogens is 275 g/mol. The van der Waals surface area contributed by atoms with E-state index in [2.05, 4.69) is 11.0 Å². The number of aryl methyl sites for hydroxylation is 1. The second-order valence-corrected chi connectivity index (χ2v) is 6.04. The molecule has 0 spiro atoms. The summed E-state index contributed by atoms with van der Waals surface area (Å²) in [5.41, 5.74) is 1.16. The molecule has 1 aromatic carbocycles. The predicted octanol–water partition coefficient (Wildman–Crippen LogP) is 1.60. The molecule has 0 saturated carbocycles. The molecule has 2 unspecified atom stereocenters. The number of aliphatic hydroxyl groups is 1. The highest BCUT2D eigenvalue weighted by Crippen LogP contribution is 2.32. The number of aliphatic hydroxyl groups excluding tert-OH is 1. The molecule has 4 rings (SSSR count). The minimum absolute atomic E-state index is 0. The first-order valence-corrected chi connectivity index (χ1v) is 7.79. The van der Waals surface area contributed by atoms with Crippen LogP contribution in [0.5, 0.6) is 5.75 Å². The van der Waals surface area contributed by atoms with Gasteiger partial charge >= 0.3 is 0 Å². The summed E-state index contributed by atoms with van der Waals surface area (Å²) in [5.74, 6) is 1.29. The minimum Gasteiger partial charge on any atom is -0.492 e. The lowest BCUT2D eigenvalue weighted by molar-refractivity contribution is -0.0849. The fourth-order valence-electron chi connectivity index (χ4n) is 3.46. The van der Waals surface area contributed by atoms with Crippen LogP contribution in [0.25, 0.3) is 0 Å². The van der Waals surface area contributed by atoms with Crippen LogP contribution in [0.2, 0.25) is 0 Å². The first-order chi connectivity index (χ1) is 10.3. The Morgan fingerprint density at radius 1 is 1.23 bits per heavy atom. The number of nitriles is 1. The Bertz CT molecular complexity index is 504. The second-order valence-electron chi connectivity index (χ2n) is 6.04. The third kappa shape index (κ3) is 3.63. The summed E-state index contributed by atoms with van der Waals surface area (Å²) in [5, 5.41) is 18.9. The predicted molar refractivity (Wildman–Crippen MR) is 85.7 cm³/mol. The molecule has 0 amide bonds. The first kappa shape index (κ1) is 16.9. The SMILES string of the molecule is N#CCCc1ccc(OCC2C(O)C3CCN2CC3)cc1.[B]. The van der Waals surface area contributed by atoms with Crippen LogP contribution < -0.4 is 4.74 Å². The highest BCUT2D eigenvalue weighted by molar-refractivity contribution is 5.75. The molecule has 1 N–H and O–H groups in total. The van der Waals surface area contributed by atoms with E-state index in [9.17, 15) is 5.11 Å². The van der Waals surface area contributed by atoms with Gasteiger partial charge in [-0.1, -0.05) is 12.1 Å². The monoisotopic (exact) mass is 297 g/mol. The van der Waals surface area contributed by atoms with Crippen LogP contribution in [0.4, 0.5) is 0 Å². The van der Waals surface area contributed by atoms with E-state index in [4.69, 9.17) is 10.00 Å². The van der Waals surface area contributed by atoms with Crippen molar-refractivity contribution >= 4 is 8.41 Å². The maximum atomic E-state index is 10.3. The van der Waals surface area contributed by atoms with Gasteiger partial charge in [0.2, 0.25) is 0 Å². The smallest absolute Gasteiger partial charge is 0.119 e. The summed E-state index contributed by atoms with van der Waals surface area (Å²) in [7, 11) is 0. The molecule has 22 heavy (non-hydrogen) atoms. The second kappa shape index (κ2) is 7.67. The highest BCUT2D eigenvalue weighted by Gasteiger charge is 2.41.